The van der Waals surface area contributed by atoms with Crippen molar-refractivity contribution in [3.8, 4) is 17.0 Å². The summed E-state index contributed by atoms with van der Waals surface area (Å²) in [5, 5.41) is 11.6. The van der Waals surface area contributed by atoms with Crippen molar-refractivity contribution in [2.75, 3.05) is 0 Å². The first kappa shape index (κ1) is 10.2. The van der Waals surface area contributed by atoms with Gasteiger partial charge in [-0.3, -0.25) is 14.8 Å². The van der Waals surface area contributed by atoms with Crippen LogP contribution in [0.25, 0.3) is 22.0 Å². The number of phenols is 1. The van der Waals surface area contributed by atoms with Gasteiger partial charge >= 0.3 is 0 Å². The number of rotatable bonds is 0. The Bertz CT molecular complexity index is 851. The summed E-state index contributed by atoms with van der Waals surface area (Å²) in [6.45, 7) is 0. The molecule has 1 aliphatic carbocycles. The average Bonchev–Trinajstić information content (AvgIpc) is 2.44. The molecule has 1 N–H and O–H groups in total. The molecule has 0 fully saturated rings. The number of carbonyl (C=O) groups excluding carboxylic acids is 1. The van der Waals surface area contributed by atoms with Gasteiger partial charge in [-0.25, -0.2) is 0 Å². The number of nitrogens with zero attached hydrogens (tertiary/aromatic N) is 2. The van der Waals surface area contributed by atoms with Gasteiger partial charge in [-0.1, -0.05) is 12.1 Å². The molecule has 0 amide bonds. The third kappa shape index (κ3) is 1.20. The average molecular weight is 248 g/mol. The minimum absolute atomic E-state index is 0.0300. The van der Waals surface area contributed by atoms with Crippen LogP contribution in [-0.2, 0) is 0 Å². The number of aromatic nitrogens is 2. The van der Waals surface area contributed by atoms with E-state index in [1.54, 1.807) is 24.5 Å². The molecule has 0 saturated heterocycles. The normalized spacial score (nSPS) is 12.5. The van der Waals surface area contributed by atoms with Crippen LogP contribution in [0.5, 0.6) is 5.75 Å². The zero-order valence-electron chi connectivity index (χ0n) is 9.79. The zero-order valence-corrected chi connectivity index (χ0v) is 9.79. The topological polar surface area (TPSA) is 63.1 Å². The van der Waals surface area contributed by atoms with Crippen molar-refractivity contribution in [3.63, 3.8) is 0 Å². The van der Waals surface area contributed by atoms with Gasteiger partial charge in [0, 0.05) is 23.3 Å². The fourth-order valence-corrected chi connectivity index (χ4v) is 2.59. The molecule has 1 aromatic carbocycles. The van der Waals surface area contributed by atoms with Crippen molar-refractivity contribution in [1.29, 1.82) is 0 Å². The number of fused-ring (bicyclic) bond motifs is 2. The number of hydrogen-bond donors (Lipinski definition) is 1. The standard InChI is InChI=1S/C15H8N2O2/c18-10-3-1-2-9-12(10)15(19)14-11-8(5-7-17-14)4-6-16-13(9)11/h1-7,18H. The SMILES string of the molecule is O=C1c2c(O)cccc2-c2nccc3ccnc1c23. The van der Waals surface area contributed by atoms with Gasteiger partial charge < -0.3 is 5.11 Å². The summed E-state index contributed by atoms with van der Waals surface area (Å²) in [5.41, 5.74) is 2.01. The molecule has 4 heteroatoms. The maximum Gasteiger partial charge on any atom is 0.216 e. The molecule has 19 heavy (non-hydrogen) atoms. The maximum absolute atomic E-state index is 12.5. The van der Waals surface area contributed by atoms with Crippen molar-refractivity contribution in [3.05, 3.63) is 54.0 Å². The summed E-state index contributed by atoms with van der Waals surface area (Å²) in [6.07, 6.45) is 3.30. The van der Waals surface area contributed by atoms with Crippen molar-refractivity contribution in [2.24, 2.45) is 0 Å². The minimum atomic E-state index is -0.251. The highest BCUT2D eigenvalue weighted by Crippen LogP contribution is 2.39. The van der Waals surface area contributed by atoms with Crippen molar-refractivity contribution in [2.45, 2.75) is 0 Å². The first-order valence-electron chi connectivity index (χ1n) is 5.88. The van der Waals surface area contributed by atoms with E-state index in [9.17, 15) is 9.90 Å². The Balaban J connectivity index is 2.28. The van der Waals surface area contributed by atoms with Gasteiger partial charge in [-0.05, 0) is 23.6 Å². The third-order valence-electron chi connectivity index (χ3n) is 3.42. The van der Waals surface area contributed by atoms with Gasteiger partial charge in [0.25, 0.3) is 0 Å². The van der Waals surface area contributed by atoms with E-state index in [0.29, 0.717) is 17.0 Å². The van der Waals surface area contributed by atoms with E-state index >= 15 is 0 Å². The molecule has 0 saturated carbocycles. The van der Waals surface area contributed by atoms with Crippen LogP contribution in [0.3, 0.4) is 0 Å². The van der Waals surface area contributed by atoms with Crippen LogP contribution in [0.1, 0.15) is 16.1 Å². The summed E-state index contributed by atoms with van der Waals surface area (Å²) in [7, 11) is 0. The predicted octanol–water partition coefficient (Wildman–Crippen LogP) is 2.55. The van der Waals surface area contributed by atoms with Crippen molar-refractivity contribution >= 4 is 16.6 Å². The lowest BCUT2D eigenvalue weighted by Gasteiger charge is -2.18. The molecule has 1 aliphatic rings. The fraction of sp³-hybridized carbons (Fsp3) is 0. The van der Waals surface area contributed by atoms with Gasteiger partial charge in [-0.15, -0.1) is 0 Å². The van der Waals surface area contributed by atoms with E-state index in [4.69, 9.17) is 0 Å². The molecule has 2 heterocycles. The van der Waals surface area contributed by atoms with Crippen molar-refractivity contribution < 1.29 is 9.90 Å². The van der Waals surface area contributed by atoms with E-state index in [-0.39, 0.29) is 17.1 Å². The van der Waals surface area contributed by atoms with Crippen LogP contribution in [0.2, 0.25) is 0 Å². The second-order valence-corrected chi connectivity index (χ2v) is 4.45. The highest BCUT2D eigenvalue weighted by molar-refractivity contribution is 6.25. The molecule has 0 aliphatic heterocycles. The number of pyridine rings is 2. The summed E-state index contributed by atoms with van der Waals surface area (Å²) >= 11 is 0. The molecule has 0 spiro atoms. The summed E-state index contributed by atoms with van der Waals surface area (Å²) in [4.78, 5) is 21.0. The van der Waals surface area contributed by atoms with Crippen LogP contribution in [0.15, 0.2) is 42.7 Å². The smallest absolute Gasteiger partial charge is 0.216 e. The molecule has 0 radical (unpaired) electrons. The monoisotopic (exact) mass is 248 g/mol. The first-order valence-corrected chi connectivity index (χ1v) is 5.88. The number of ketones is 1. The van der Waals surface area contributed by atoms with Crippen LogP contribution in [-0.4, -0.2) is 20.9 Å². The second-order valence-electron chi connectivity index (χ2n) is 4.45. The molecule has 90 valence electrons. The minimum Gasteiger partial charge on any atom is -0.507 e. The highest BCUT2D eigenvalue weighted by atomic mass is 16.3. The number of hydrogen-bond acceptors (Lipinski definition) is 4. The van der Waals surface area contributed by atoms with Gasteiger partial charge in [0.15, 0.2) is 0 Å². The molecule has 2 aromatic heterocycles. The lowest BCUT2D eigenvalue weighted by atomic mass is 9.88. The van der Waals surface area contributed by atoms with Crippen molar-refractivity contribution in [1.82, 2.24) is 9.97 Å². The van der Waals surface area contributed by atoms with Crippen LogP contribution in [0.4, 0.5) is 0 Å². The Hall–Kier alpha value is -2.75. The van der Waals surface area contributed by atoms with E-state index in [1.165, 1.54) is 6.07 Å². The molecule has 4 rings (SSSR count). The summed E-state index contributed by atoms with van der Waals surface area (Å²) < 4.78 is 0. The predicted molar refractivity (Wildman–Crippen MR) is 70.1 cm³/mol. The number of aromatic hydroxyl groups is 1. The number of phenolic OH excluding ortho intramolecular Hbond substituents is 1. The Kier molecular flexibility index (Phi) is 1.82. The molecule has 3 aromatic rings. The van der Waals surface area contributed by atoms with E-state index in [0.717, 1.165) is 10.8 Å². The largest absolute Gasteiger partial charge is 0.507 e. The number of benzene rings is 1. The van der Waals surface area contributed by atoms with E-state index in [1.807, 2.05) is 12.1 Å². The number of carbonyl (C=O) groups is 1. The lowest BCUT2D eigenvalue weighted by Crippen LogP contribution is -2.12. The third-order valence-corrected chi connectivity index (χ3v) is 3.42. The summed E-state index contributed by atoms with van der Waals surface area (Å²) in [6, 6.07) is 8.72. The van der Waals surface area contributed by atoms with Gasteiger partial charge in [0.1, 0.15) is 11.4 Å². The van der Waals surface area contributed by atoms with Crippen LogP contribution < -0.4 is 0 Å². The van der Waals surface area contributed by atoms with E-state index in [2.05, 4.69) is 9.97 Å². The van der Waals surface area contributed by atoms with Gasteiger partial charge in [0.05, 0.1) is 11.3 Å². The Labute approximate surface area is 108 Å². The molecule has 4 nitrogen and oxygen atoms in total. The molecule has 0 unspecified atom stereocenters. The fourth-order valence-electron chi connectivity index (χ4n) is 2.59. The lowest BCUT2D eigenvalue weighted by molar-refractivity contribution is 0.103. The van der Waals surface area contributed by atoms with Crippen LogP contribution in [0, 0.1) is 0 Å². The second kappa shape index (κ2) is 3.38. The zero-order chi connectivity index (χ0) is 13.0. The van der Waals surface area contributed by atoms with Crippen LogP contribution >= 0.6 is 0 Å². The molecule has 0 bridgehead atoms. The highest BCUT2D eigenvalue weighted by Gasteiger charge is 2.29. The van der Waals surface area contributed by atoms with Gasteiger partial charge in [0.2, 0.25) is 5.78 Å². The molecular weight excluding hydrogens is 240 g/mol. The maximum atomic E-state index is 12.5. The molecular formula is C15H8N2O2. The first-order chi connectivity index (χ1) is 9.27. The molecule has 0 atom stereocenters. The Morgan fingerprint density at radius 2 is 1.68 bits per heavy atom. The van der Waals surface area contributed by atoms with Gasteiger partial charge in [-0.2, -0.15) is 0 Å². The Morgan fingerprint density at radius 1 is 0.947 bits per heavy atom. The van der Waals surface area contributed by atoms with E-state index < -0.39 is 0 Å². The quantitative estimate of drug-likeness (QED) is 0.519. The summed E-state index contributed by atoms with van der Waals surface area (Å²) in [5.74, 6) is -0.281. The Morgan fingerprint density at radius 3 is 2.47 bits per heavy atom.